The van der Waals surface area contributed by atoms with Crippen LogP contribution in [0.5, 0.6) is 5.75 Å². The second-order valence-electron chi connectivity index (χ2n) is 6.73. The Morgan fingerprint density at radius 3 is 3.00 bits per heavy atom. The Labute approximate surface area is 142 Å². The number of aliphatic hydroxyl groups is 1. The Kier molecular flexibility index (Phi) is 4.29. The lowest BCUT2D eigenvalue weighted by atomic mass is 9.89. The van der Waals surface area contributed by atoms with Crippen LogP contribution in [0, 0.1) is 5.92 Å². The molecule has 5 heteroatoms. The molecule has 2 aromatic rings. The maximum atomic E-state index is 10.4. The summed E-state index contributed by atoms with van der Waals surface area (Å²) in [6.07, 6.45) is 2.69. The first-order valence-corrected chi connectivity index (χ1v) is 8.73. The monoisotopic (exact) mass is 328 g/mol. The highest BCUT2D eigenvalue weighted by Gasteiger charge is 2.38. The molecule has 0 unspecified atom stereocenters. The largest absolute Gasteiger partial charge is 0.497 e. The molecule has 0 radical (unpaired) electrons. The van der Waals surface area contributed by atoms with Crippen LogP contribution >= 0.6 is 0 Å². The van der Waals surface area contributed by atoms with Crippen LogP contribution in [0.2, 0.25) is 0 Å². The van der Waals surface area contributed by atoms with Gasteiger partial charge in [-0.3, -0.25) is 0 Å². The number of fused-ring (bicyclic) bond motifs is 1. The van der Waals surface area contributed by atoms with E-state index < -0.39 is 0 Å². The zero-order chi connectivity index (χ0) is 16.5. The van der Waals surface area contributed by atoms with Crippen molar-refractivity contribution in [1.82, 2.24) is 4.98 Å². The van der Waals surface area contributed by atoms with Gasteiger partial charge in [0.2, 0.25) is 0 Å². The lowest BCUT2D eigenvalue weighted by Gasteiger charge is -2.37. The van der Waals surface area contributed by atoms with Gasteiger partial charge in [0.15, 0.2) is 0 Å². The smallest absolute Gasteiger partial charge is 0.129 e. The van der Waals surface area contributed by atoms with Gasteiger partial charge in [0, 0.05) is 30.5 Å². The molecule has 2 aliphatic rings. The highest BCUT2D eigenvalue weighted by Crippen LogP contribution is 2.33. The minimum Gasteiger partial charge on any atom is -0.497 e. The highest BCUT2D eigenvalue weighted by atomic mass is 16.5. The van der Waals surface area contributed by atoms with Crippen LogP contribution in [0.1, 0.15) is 19.3 Å². The van der Waals surface area contributed by atoms with Gasteiger partial charge in [-0.1, -0.05) is 0 Å². The van der Waals surface area contributed by atoms with Crippen molar-refractivity contribution in [3.05, 3.63) is 30.3 Å². The van der Waals surface area contributed by atoms with E-state index in [0.29, 0.717) is 19.3 Å². The first kappa shape index (κ1) is 15.7. The van der Waals surface area contributed by atoms with Crippen LogP contribution in [0.3, 0.4) is 0 Å². The number of nitrogens with zero attached hydrogens (tertiary/aromatic N) is 2. The molecule has 1 aromatic heterocycles. The first-order valence-electron chi connectivity index (χ1n) is 8.73. The number of methoxy groups -OCH3 is 1. The van der Waals surface area contributed by atoms with Crippen molar-refractivity contribution in [2.45, 2.75) is 31.4 Å². The van der Waals surface area contributed by atoms with Crippen molar-refractivity contribution < 1.29 is 14.6 Å². The van der Waals surface area contributed by atoms with Crippen molar-refractivity contribution in [1.29, 1.82) is 0 Å². The van der Waals surface area contributed by atoms with Crippen LogP contribution in [0.4, 0.5) is 5.82 Å². The van der Waals surface area contributed by atoms with Crippen molar-refractivity contribution in [2.24, 2.45) is 5.92 Å². The van der Waals surface area contributed by atoms with Crippen LogP contribution in [-0.2, 0) is 4.74 Å². The quantitative estimate of drug-likeness (QED) is 0.939. The van der Waals surface area contributed by atoms with Crippen molar-refractivity contribution in [2.75, 3.05) is 31.8 Å². The Morgan fingerprint density at radius 2 is 2.17 bits per heavy atom. The van der Waals surface area contributed by atoms with Gasteiger partial charge < -0.3 is 19.5 Å². The second-order valence-corrected chi connectivity index (χ2v) is 6.73. The van der Waals surface area contributed by atoms with Crippen molar-refractivity contribution in [3.8, 4) is 5.75 Å². The molecule has 0 amide bonds. The van der Waals surface area contributed by atoms with Crippen LogP contribution in [0.15, 0.2) is 30.3 Å². The van der Waals surface area contributed by atoms with E-state index in [1.54, 1.807) is 7.11 Å². The van der Waals surface area contributed by atoms with Gasteiger partial charge in [0.1, 0.15) is 11.6 Å². The van der Waals surface area contributed by atoms with Crippen LogP contribution in [0.25, 0.3) is 10.9 Å². The number of hydrogen-bond donors (Lipinski definition) is 1. The predicted octanol–water partition coefficient (Wildman–Crippen LogP) is 2.61. The average molecular weight is 328 g/mol. The summed E-state index contributed by atoms with van der Waals surface area (Å²) in [5.41, 5.74) is 0.972. The molecule has 128 valence electrons. The van der Waals surface area contributed by atoms with Gasteiger partial charge in [0.25, 0.3) is 0 Å². The molecule has 5 nitrogen and oxygen atoms in total. The fourth-order valence-electron chi connectivity index (χ4n) is 4.02. The van der Waals surface area contributed by atoms with Gasteiger partial charge >= 0.3 is 0 Å². The Hall–Kier alpha value is -1.85. The predicted molar refractivity (Wildman–Crippen MR) is 93.6 cm³/mol. The number of aliphatic hydroxyl groups excluding tert-OH is 1. The number of anilines is 1. The topological polar surface area (TPSA) is 54.8 Å². The third-order valence-electron chi connectivity index (χ3n) is 5.33. The molecule has 24 heavy (non-hydrogen) atoms. The molecular formula is C19H24N2O3. The van der Waals surface area contributed by atoms with Crippen LogP contribution in [-0.4, -0.2) is 49.1 Å². The molecule has 3 atom stereocenters. The molecule has 0 saturated carbocycles. The summed E-state index contributed by atoms with van der Waals surface area (Å²) in [6, 6.07) is 10.4. The zero-order valence-electron chi connectivity index (χ0n) is 14.0. The van der Waals surface area contributed by atoms with Gasteiger partial charge in [-0.2, -0.15) is 0 Å². The summed E-state index contributed by atoms with van der Waals surface area (Å²) in [5, 5.41) is 11.5. The number of hydrogen-bond acceptors (Lipinski definition) is 5. The molecule has 0 bridgehead atoms. The molecule has 0 aliphatic carbocycles. The standard InChI is InChI=1S/C19H24N2O3/c1-23-14-5-6-16-13(11-14)4-7-19(20-16)21-9-2-3-17(21)15-12-24-10-8-18(15)22/h4-7,11,15,17-18,22H,2-3,8-10,12H2,1H3/t15-,17+,18-/m0/s1. The first-order chi connectivity index (χ1) is 11.8. The Morgan fingerprint density at radius 1 is 1.25 bits per heavy atom. The summed E-state index contributed by atoms with van der Waals surface area (Å²) in [7, 11) is 1.68. The fraction of sp³-hybridized carbons (Fsp3) is 0.526. The molecule has 4 rings (SSSR count). The van der Waals surface area contributed by atoms with Gasteiger partial charge in [-0.25, -0.2) is 4.98 Å². The van der Waals surface area contributed by atoms with E-state index in [9.17, 15) is 5.11 Å². The minimum atomic E-state index is -0.269. The summed E-state index contributed by atoms with van der Waals surface area (Å²) in [6.45, 7) is 2.30. The second kappa shape index (κ2) is 6.57. The lowest BCUT2D eigenvalue weighted by molar-refractivity contribution is -0.0438. The third kappa shape index (κ3) is 2.82. The van der Waals surface area contributed by atoms with Gasteiger partial charge in [0.05, 0.1) is 25.3 Å². The Bertz CT molecular complexity index is 721. The molecule has 1 aromatic carbocycles. The number of aromatic nitrogens is 1. The summed E-state index contributed by atoms with van der Waals surface area (Å²) in [5.74, 6) is 2.01. The maximum Gasteiger partial charge on any atom is 0.129 e. The molecular weight excluding hydrogens is 304 g/mol. The Balaban J connectivity index is 1.63. The van der Waals surface area contributed by atoms with E-state index in [1.807, 2.05) is 18.2 Å². The highest BCUT2D eigenvalue weighted by molar-refractivity contribution is 5.82. The van der Waals surface area contributed by atoms with E-state index in [-0.39, 0.29) is 12.0 Å². The van der Waals surface area contributed by atoms with Crippen LogP contribution < -0.4 is 9.64 Å². The van der Waals surface area contributed by atoms with Crippen molar-refractivity contribution >= 4 is 16.7 Å². The maximum absolute atomic E-state index is 10.4. The molecule has 2 saturated heterocycles. The van der Waals surface area contributed by atoms with Gasteiger partial charge in [-0.15, -0.1) is 0 Å². The SMILES string of the molecule is COc1ccc2nc(N3CCC[C@@H]3[C@@H]3COCC[C@@H]3O)ccc2c1. The summed E-state index contributed by atoms with van der Waals surface area (Å²) in [4.78, 5) is 7.20. The van der Waals surface area contributed by atoms with Crippen molar-refractivity contribution in [3.63, 3.8) is 0 Å². The summed E-state index contributed by atoms with van der Waals surface area (Å²) >= 11 is 0. The molecule has 2 fully saturated rings. The number of pyridine rings is 1. The van der Waals surface area contributed by atoms with E-state index in [4.69, 9.17) is 14.5 Å². The van der Waals surface area contributed by atoms with Gasteiger partial charge in [-0.05, 0) is 49.6 Å². The normalized spacial score (nSPS) is 27.6. The zero-order valence-corrected chi connectivity index (χ0v) is 14.0. The summed E-state index contributed by atoms with van der Waals surface area (Å²) < 4.78 is 10.9. The number of ether oxygens (including phenoxy) is 2. The third-order valence-corrected chi connectivity index (χ3v) is 5.33. The van der Waals surface area contributed by atoms with E-state index in [0.717, 1.165) is 48.3 Å². The van der Waals surface area contributed by atoms with E-state index in [2.05, 4.69) is 17.0 Å². The van der Waals surface area contributed by atoms with E-state index in [1.165, 1.54) is 0 Å². The fourth-order valence-corrected chi connectivity index (χ4v) is 4.02. The minimum absolute atomic E-state index is 0.176. The molecule has 3 heterocycles. The molecule has 2 aliphatic heterocycles. The van der Waals surface area contributed by atoms with E-state index >= 15 is 0 Å². The molecule has 1 N–H and O–H groups in total. The number of benzene rings is 1. The molecule has 0 spiro atoms. The average Bonchev–Trinajstić information content (AvgIpc) is 3.10. The lowest BCUT2D eigenvalue weighted by Crippen LogP contribution is -2.46. The number of rotatable bonds is 3.